The minimum atomic E-state index is -0.186. The maximum Gasteiger partial charge on any atom is 0.251 e. The van der Waals surface area contributed by atoms with Gasteiger partial charge in [0.1, 0.15) is 12.4 Å². The predicted octanol–water partition coefficient (Wildman–Crippen LogP) is 4.36. The van der Waals surface area contributed by atoms with Crippen molar-refractivity contribution >= 4 is 11.6 Å². The van der Waals surface area contributed by atoms with Gasteiger partial charge in [0.15, 0.2) is 0 Å². The van der Waals surface area contributed by atoms with Crippen LogP contribution >= 0.6 is 0 Å². The molecule has 6 heteroatoms. The molecule has 0 saturated heterocycles. The van der Waals surface area contributed by atoms with Gasteiger partial charge < -0.3 is 20.4 Å². The molecule has 0 fully saturated rings. The molecule has 0 bridgehead atoms. The number of hydrogen-bond donors (Lipinski definition) is 3. The molecule has 172 valence electrons. The van der Waals surface area contributed by atoms with Gasteiger partial charge in [0.2, 0.25) is 0 Å². The summed E-state index contributed by atoms with van der Waals surface area (Å²) in [5, 5.41) is 24.0. The van der Waals surface area contributed by atoms with Crippen molar-refractivity contribution in [1.82, 2.24) is 5.32 Å². The number of benzene rings is 3. The Balaban J connectivity index is 1.68. The number of amides is 1. The highest BCUT2D eigenvalue weighted by molar-refractivity contribution is 5.98. The van der Waals surface area contributed by atoms with Gasteiger partial charge in [-0.3, -0.25) is 4.79 Å². The molecule has 0 unspecified atom stereocenters. The second kappa shape index (κ2) is 12.4. The van der Waals surface area contributed by atoms with Gasteiger partial charge in [-0.15, -0.1) is 0 Å². The molecule has 3 aromatic carbocycles. The number of nitrogens with zero attached hydrogens (tertiary/aromatic N) is 1. The van der Waals surface area contributed by atoms with Crippen LogP contribution in [0.3, 0.4) is 0 Å². The van der Waals surface area contributed by atoms with Gasteiger partial charge in [-0.2, -0.15) is 0 Å². The van der Waals surface area contributed by atoms with Gasteiger partial charge in [0.25, 0.3) is 5.91 Å². The highest BCUT2D eigenvalue weighted by Gasteiger charge is 2.10. The molecule has 0 heterocycles. The van der Waals surface area contributed by atoms with Crippen LogP contribution in [0, 0.1) is 0 Å². The first-order valence-electron chi connectivity index (χ1n) is 11.1. The molecule has 0 atom stereocenters. The Kier molecular flexibility index (Phi) is 9.03. The molecule has 3 N–H and O–H groups in total. The fourth-order valence-electron chi connectivity index (χ4n) is 3.56. The second-order valence-corrected chi connectivity index (χ2v) is 7.82. The summed E-state index contributed by atoms with van der Waals surface area (Å²) in [6.45, 7) is 2.39. The van der Waals surface area contributed by atoms with Crippen molar-refractivity contribution < 1.29 is 19.8 Å². The van der Waals surface area contributed by atoms with Gasteiger partial charge in [0, 0.05) is 12.1 Å². The molecule has 6 nitrogen and oxygen atoms in total. The summed E-state index contributed by atoms with van der Waals surface area (Å²) < 4.78 is 6.11. The Bertz CT molecular complexity index is 1080. The normalized spacial score (nSPS) is 11.3. The van der Waals surface area contributed by atoms with E-state index in [9.17, 15) is 4.79 Å². The van der Waals surface area contributed by atoms with E-state index in [1.165, 1.54) is 0 Å². The van der Waals surface area contributed by atoms with E-state index in [2.05, 4.69) is 10.5 Å². The number of nitrogens with one attached hydrogen (secondary N) is 1. The fraction of sp³-hybridized carbons (Fsp3) is 0.259. The molecule has 0 aromatic heterocycles. The van der Waals surface area contributed by atoms with Crippen molar-refractivity contribution in [3.63, 3.8) is 0 Å². The SMILES string of the molecule is CC(=NO)c1ccc(OCc2ccccc2)c(CCCc2cccc(C(=O)NCCO)c2)c1. The Morgan fingerprint density at radius 2 is 1.73 bits per heavy atom. The van der Waals surface area contributed by atoms with E-state index in [1.807, 2.05) is 66.7 Å². The minimum Gasteiger partial charge on any atom is -0.489 e. The summed E-state index contributed by atoms with van der Waals surface area (Å²) in [7, 11) is 0. The fourth-order valence-corrected chi connectivity index (χ4v) is 3.56. The quantitative estimate of drug-likeness (QED) is 0.232. The summed E-state index contributed by atoms with van der Waals surface area (Å²) in [6.07, 6.45) is 2.44. The lowest BCUT2D eigenvalue weighted by atomic mass is 9.99. The zero-order chi connectivity index (χ0) is 23.5. The van der Waals surface area contributed by atoms with Crippen LogP contribution in [0.1, 0.15) is 46.0 Å². The number of oxime groups is 1. The van der Waals surface area contributed by atoms with Crippen LogP contribution in [0.5, 0.6) is 5.75 Å². The van der Waals surface area contributed by atoms with Crippen LogP contribution in [0.25, 0.3) is 0 Å². The average molecular weight is 447 g/mol. The van der Waals surface area contributed by atoms with Gasteiger partial charge >= 0.3 is 0 Å². The molecule has 0 aliphatic heterocycles. The molecule has 1 amide bonds. The number of aliphatic hydroxyl groups is 1. The molecular formula is C27H30N2O4. The van der Waals surface area contributed by atoms with Crippen molar-refractivity contribution in [2.75, 3.05) is 13.2 Å². The van der Waals surface area contributed by atoms with E-state index in [0.717, 1.165) is 47.3 Å². The third-order valence-corrected chi connectivity index (χ3v) is 5.36. The second-order valence-electron chi connectivity index (χ2n) is 7.82. The molecule has 3 rings (SSSR count). The molecule has 0 spiro atoms. The van der Waals surface area contributed by atoms with Crippen molar-refractivity contribution in [2.45, 2.75) is 32.8 Å². The zero-order valence-corrected chi connectivity index (χ0v) is 18.8. The number of carbonyl (C=O) groups is 1. The van der Waals surface area contributed by atoms with Crippen LogP contribution < -0.4 is 10.1 Å². The van der Waals surface area contributed by atoms with Crippen molar-refractivity contribution in [2.24, 2.45) is 5.16 Å². The van der Waals surface area contributed by atoms with Crippen LogP contribution in [-0.4, -0.2) is 35.1 Å². The summed E-state index contributed by atoms with van der Waals surface area (Å²) in [6, 6.07) is 23.4. The first-order chi connectivity index (χ1) is 16.1. The highest BCUT2D eigenvalue weighted by atomic mass is 16.5. The van der Waals surface area contributed by atoms with Crippen LogP contribution in [-0.2, 0) is 19.4 Å². The van der Waals surface area contributed by atoms with E-state index in [0.29, 0.717) is 17.9 Å². The number of ether oxygens (including phenoxy) is 1. The molecule has 3 aromatic rings. The Morgan fingerprint density at radius 1 is 0.939 bits per heavy atom. The Labute approximate surface area is 194 Å². The first kappa shape index (κ1) is 24.0. The Hall–Kier alpha value is -3.64. The maximum absolute atomic E-state index is 12.1. The lowest BCUT2D eigenvalue weighted by molar-refractivity contribution is 0.0944. The topological polar surface area (TPSA) is 91.2 Å². The van der Waals surface area contributed by atoms with E-state index in [1.54, 1.807) is 13.0 Å². The zero-order valence-electron chi connectivity index (χ0n) is 18.8. The third-order valence-electron chi connectivity index (χ3n) is 5.36. The van der Waals surface area contributed by atoms with Crippen molar-refractivity contribution in [1.29, 1.82) is 0 Å². The largest absolute Gasteiger partial charge is 0.489 e. The third kappa shape index (κ3) is 7.19. The van der Waals surface area contributed by atoms with Gasteiger partial charge in [0.05, 0.1) is 12.3 Å². The van der Waals surface area contributed by atoms with E-state index in [-0.39, 0.29) is 19.1 Å². The molecule has 0 radical (unpaired) electrons. The number of rotatable bonds is 11. The van der Waals surface area contributed by atoms with Gasteiger partial charge in [-0.05, 0) is 78.8 Å². The predicted molar refractivity (Wildman–Crippen MR) is 129 cm³/mol. The number of hydrogen-bond acceptors (Lipinski definition) is 5. The van der Waals surface area contributed by atoms with Crippen LogP contribution in [0.15, 0.2) is 78.0 Å². The van der Waals surface area contributed by atoms with Crippen LogP contribution in [0.4, 0.5) is 0 Å². The van der Waals surface area contributed by atoms with E-state index in [4.69, 9.17) is 15.1 Å². The monoisotopic (exact) mass is 446 g/mol. The van der Waals surface area contributed by atoms with Gasteiger partial charge in [-0.1, -0.05) is 47.6 Å². The number of aliphatic hydroxyl groups excluding tert-OH is 1. The summed E-state index contributed by atoms with van der Waals surface area (Å²) in [5.74, 6) is 0.624. The lowest BCUT2D eigenvalue weighted by Gasteiger charge is -2.14. The highest BCUT2D eigenvalue weighted by Crippen LogP contribution is 2.24. The van der Waals surface area contributed by atoms with Crippen molar-refractivity contribution in [3.8, 4) is 5.75 Å². The van der Waals surface area contributed by atoms with E-state index >= 15 is 0 Å². The number of aryl methyl sites for hydroxylation is 2. The summed E-state index contributed by atoms with van der Waals surface area (Å²) in [4.78, 5) is 12.1. The molecule has 33 heavy (non-hydrogen) atoms. The lowest BCUT2D eigenvalue weighted by Crippen LogP contribution is -2.26. The molecule has 0 saturated carbocycles. The first-order valence-corrected chi connectivity index (χ1v) is 11.1. The van der Waals surface area contributed by atoms with Crippen LogP contribution in [0.2, 0.25) is 0 Å². The Morgan fingerprint density at radius 3 is 2.48 bits per heavy atom. The molecule has 0 aliphatic carbocycles. The number of carbonyl (C=O) groups excluding carboxylic acids is 1. The summed E-state index contributed by atoms with van der Waals surface area (Å²) >= 11 is 0. The van der Waals surface area contributed by atoms with Gasteiger partial charge in [-0.25, -0.2) is 0 Å². The standard InChI is InChI=1S/C27H30N2O4/c1-20(29-32)23-13-14-26(33-19-22-7-3-2-4-8-22)24(18-23)11-5-9-21-10-6-12-25(17-21)27(31)28-15-16-30/h2-4,6-8,10,12-14,17-18,30,32H,5,9,11,15-16,19H2,1H3,(H,28,31). The summed E-state index contributed by atoms with van der Waals surface area (Å²) in [5.41, 5.74) is 5.20. The van der Waals surface area contributed by atoms with E-state index < -0.39 is 0 Å². The maximum atomic E-state index is 12.1. The minimum absolute atomic E-state index is 0.0837. The smallest absolute Gasteiger partial charge is 0.251 e. The molecule has 0 aliphatic rings. The van der Waals surface area contributed by atoms with Crippen molar-refractivity contribution in [3.05, 3.63) is 101 Å². The average Bonchev–Trinajstić information content (AvgIpc) is 2.86. The molecular weight excluding hydrogens is 416 g/mol.